The highest BCUT2D eigenvalue weighted by atomic mass is 32.2. The van der Waals surface area contributed by atoms with Crippen molar-refractivity contribution in [3.63, 3.8) is 0 Å². The Hall–Kier alpha value is -0.0600. The first-order valence-corrected chi connectivity index (χ1v) is 6.09. The zero-order valence-electron chi connectivity index (χ0n) is 6.82. The molecule has 2 rings (SSSR count). The van der Waals surface area contributed by atoms with E-state index < -0.39 is 0 Å². The predicted molar refractivity (Wildman–Crippen MR) is 54.7 cm³/mol. The molecule has 0 amide bonds. The molecule has 1 aliphatic heterocycles. The number of rotatable bonds is 2. The second-order valence-electron chi connectivity index (χ2n) is 2.93. The first-order valence-electron chi connectivity index (χ1n) is 4.12. The lowest BCUT2D eigenvalue weighted by molar-refractivity contribution is 0.773. The van der Waals surface area contributed by atoms with E-state index in [1.165, 1.54) is 27.8 Å². The van der Waals surface area contributed by atoms with Crippen molar-refractivity contribution in [2.45, 2.75) is 18.9 Å². The Balaban J connectivity index is 2.11. The molecule has 1 saturated heterocycles. The molecule has 2 heterocycles. The summed E-state index contributed by atoms with van der Waals surface area (Å²) in [6, 6.07) is 0. The van der Waals surface area contributed by atoms with Gasteiger partial charge in [-0.15, -0.1) is 11.3 Å². The fraction of sp³-hybridized carbons (Fsp3) is 0.625. The molecule has 2 N–H and O–H groups in total. The molecule has 0 saturated carbocycles. The summed E-state index contributed by atoms with van der Waals surface area (Å²) >= 11 is 3.81. The fourth-order valence-corrected chi connectivity index (χ4v) is 3.60. The van der Waals surface area contributed by atoms with E-state index in [4.69, 9.17) is 5.73 Å². The van der Waals surface area contributed by atoms with Gasteiger partial charge in [0.2, 0.25) is 0 Å². The van der Waals surface area contributed by atoms with Crippen LogP contribution in [0.25, 0.3) is 0 Å². The Labute approximate surface area is 80.6 Å². The summed E-state index contributed by atoms with van der Waals surface area (Å²) in [4.78, 5) is 5.60. The minimum Gasteiger partial charge on any atom is -0.326 e. The van der Waals surface area contributed by atoms with Crippen LogP contribution in [-0.4, -0.2) is 16.5 Å². The van der Waals surface area contributed by atoms with E-state index in [0.717, 1.165) is 0 Å². The molecule has 1 unspecified atom stereocenters. The molecule has 0 aromatic carbocycles. The van der Waals surface area contributed by atoms with Gasteiger partial charge in [-0.3, -0.25) is 0 Å². The molecule has 2 nitrogen and oxygen atoms in total. The minimum atomic E-state index is 0.636. The molecule has 0 spiro atoms. The summed E-state index contributed by atoms with van der Waals surface area (Å²) < 4.78 is 0. The van der Waals surface area contributed by atoms with Crippen molar-refractivity contribution in [3.05, 3.63) is 16.1 Å². The van der Waals surface area contributed by atoms with Crippen LogP contribution in [0.15, 0.2) is 6.20 Å². The highest BCUT2D eigenvalue weighted by Crippen LogP contribution is 2.34. The van der Waals surface area contributed by atoms with E-state index in [-0.39, 0.29) is 0 Å². The maximum Gasteiger partial charge on any atom is 0.0967 e. The van der Waals surface area contributed by atoms with E-state index in [1.54, 1.807) is 11.3 Å². The average Bonchev–Trinajstić information content (AvgIpc) is 2.75. The maximum absolute atomic E-state index is 5.53. The molecule has 66 valence electrons. The average molecular weight is 200 g/mol. The van der Waals surface area contributed by atoms with Crippen LogP contribution in [0.4, 0.5) is 0 Å². The zero-order chi connectivity index (χ0) is 8.39. The SMILES string of the molecule is NCc1cnc(C2CCSC2)s1. The van der Waals surface area contributed by atoms with Crippen molar-refractivity contribution in [3.8, 4) is 0 Å². The van der Waals surface area contributed by atoms with Crippen molar-refractivity contribution in [2.75, 3.05) is 11.5 Å². The number of hydrogen-bond acceptors (Lipinski definition) is 4. The third kappa shape index (κ3) is 1.65. The first kappa shape index (κ1) is 8.53. The normalized spacial score (nSPS) is 23.2. The molecule has 0 bridgehead atoms. The van der Waals surface area contributed by atoms with Crippen LogP contribution in [0.3, 0.4) is 0 Å². The van der Waals surface area contributed by atoms with Gasteiger partial charge in [0, 0.05) is 29.3 Å². The van der Waals surface area contributed by atoms with Crippen LogP contribution >= 0.6 is 23.1 Å². The van der Waals surface area contributed by atoms with Crippen LogP contribution in [0.2, 0.25) is 0 Å². The Morgan fingerprint density at radius 1 is 1.67 bits per heavy atom. The molecule has 12 heavy (non-hydrogen) atoms. The number of thioether (sulfide) groups is 1. The fourth-order valence-electron chi connectivity index (χ4n) is 1.34. The third-order valence-electron chi connectivity index (χ3n) is 2.05. The number of nitrogens with two attached hydrogens (primary N) is 1. The summed E-state index contributed by atoms with van der Waals surface area (Å²) in [6.45, 7) is 0.636. The Morgan fingerprint density at radius 3 is 3.17 bits per heavy atom. The van der Waals surface area contributed by atoms with Crippen molar-refractivity contribution >= 4 is 23.1 Å². The van der Waals surface area contributed by atoms with Crippen molar-refractivity contribution in [1.29, 1.82) is 0 Å². The van der Waals surface area contributed by atoms with Gasteiger partial charge in [-0.05, 0) is 12.2 Å². The highest BCUT2D eigenvalue weighted by Gasteiger charge is 2.20. The van der Waals surface area contributed by atoms with Gasteiger partial charge in [-0.25, -0.2) is 4.98 Å². The van der Waals surface area contributed by atoms with E-state index in [1.807, 2.05) is 18.0 Å². The monoisotopic (exact) mass is 200 g/mol. The molecular weight excluding hydrogens is 188 g/mol. The maximum atomic E-state index is 5.53. The summed E-state index contributed by atoms with van der Waals surface area (Å²) in [7, 11) is 0. The van der Waals surface area contributed by atoms with Gasteiger partial charge in [0.05, 0.1) is 5.01 Å². The van der Waals surface area contributed by atoms with Crippen molar-refractivity contribution in [2.24, 2.45) is 5.73 Å². The molecule has 1 aliphatic rings. The van der Waals surface area contributed by atoms with E-state index in [2.05, 4.69) is 4.98 Å². The third-order valence-corrected chi connectivity index (χ3v) is 4.40. The standard InChI is InChI=1S/C8H12N2S2/c9-3-7-4-10-8(12-7)6-1-2-11-5-6/h4,6H,1-3,5,9H2. The van der Waals surface area contributed by atoms with Crippen LogP contribution in [0.5, 0.6) is 0 Å². The number of hydrogen-bond donors (Lipinski definition) is 1. The summed E-state index contributed by atoms with van der Waals surface area (Å²) in [6.07, 6.45) is 3.21. The lowest BCUT2D eigenvalue weighted by atomic mass is 10.1. The van der Waals surface area contributed by atoms with Gasteiger partial charge in [-0.1, -0.05) is 0 Å². The van der Waals surface area contributed by atoms with Crippen LogP contribution in [0, 0.1) is 0 Å². The van der Waals surface area contributed by atoms with E-state index >= 15 is 0 Å². The summed E-state index contributed by atoms with van der Waals surface area (Å²) in [5, 5.41) is 1.29. The molecule has 0 aliphatic carbocycles. The quantitative estimate of drug-likeness (QED) is 0.791. The summed E-state index contributed by atoms with van der Waals surface area (Å²) in [5.41, 5.74) is 5.53. The predicted octanol–water partition coefficient (Wildman–Crippen LogP) is 1.82. The van der Waals surface area contributed by atoms with Crippen molar-refractivity contribution in [1.82, 2.24) is 4.98 Å². The molecule has 4 heteroatoms. The second kappa shape index (κ2) is 3.77. The largest absolute Gasteiger partial charge is 0.326 e. The highest BCUT2D eigenvalue weighted by molar-refractivity contribution is 7.99. The van der Waals surface area contributed by atoms with Crippen LogP contribution in [-0.2, 0) is 6.54 Å². The van der Waals surface area contributed by atoms with Gasteiger partial charge < -0.3 is 5.73 Å². The lowest BCUT2D eigenvalue weighted by Crippen LogP contribution is -1.94. The Bertz CT molecular complexity index is 253. The Morgan fingerprint density at radius 2 is 2.58 bits per heavy atom. The molecule has 1 atom stereocenters. The topological polar surface area (TPSA) is 38.9 Å². The summed E-state index contributed by atoms with van der Waals surface area (Å²) in [5.74, 6) is 3.25. The van der Waals surface area contributed by atoms with Crippen molar-refractivity contribution < 1.29 is 0 Å². The first-order chi connectivity index (χ1) is 5.90. The van der Waals surface area contributed by atoms with Crippen LogP contribution < -0.4 is 5.73 Å². The molecule has 0 radical (unpaired) electrons. The number of nitrogens with zero attached hydrogens (tertiary/aromatic N) is 1. The Kier molecular flexibility index (Phi) is 2.68. The zero-order valence-corrected chi connectivity index (χ0v) is 8.46. The molecule has 1 fully saturated rings. The van der Waals surface area contributed by atoms with Crippen LogP contribution in [0.1, 0.15) is 22.2 Å². The van der Waals surface area contributed by atoms with Gasteiger partial charge in [0.25, 0.3) is 0 Å². The number of thiazole rings is 1. The van der Waals surface area contributed by atoms with E-state index in [9.17, 15) is 0 Å². The smallest absolute Gasteiger partial charge is 0.0967 e. The number of aromatic nitrogens is 1. The lowest BCUT2D eigenvalue weighted by Gasteiger charge is -2.00. The van der Waals surface area contributed by atoms with Gasteiger partial charge in [-0.2, -0.15) is 11.8 Å². The van der Waals surface area contributed by atoms with Gasteiger partial charge in [0.15, 0.2) is 0 Å². The van der Waals surface area contributed by atoms with Gasteiger partial charge in [0.1, 0.15) is 0 Å². The minimum absolute atomic E-state index is 0.636. The second-order valence-corrected chi connectivity index (χ2v) is 5.23. The molecular formula is C8H12N2S2. The van der Waals surface area contributed by atoms with E-state index in [0.29, 0.717) is 12.5 Å². The van der Waals surface area contributed by atoms with Gasteiger partial charge >= 0.3 is 0 Å². The molecule has 1 aromatic heterocycles. The molecule has 1 aromatic rings.